The molecule has 0 aliphatic carbocycles. The van der Waals surface area contributed by atoms with Gasteiger partial charge in [-0.25, -0.2) is 4.39 Å². The van der Waals surface area contributed by atoms with Crippen LogP contribution in [0.15, 0.2) is 78.9 Å². The van der Waals surface area contributed by atoms with E-state index in [0.717, 1.165) is 5.56 Å². The van der Waals surface area contributed by atoms with E-state index in [0.29, 0.717) is 22.8 Å². The molecule has 1 unspecified atom stereocenters. The van der Waals surface area contributed by atoms with Crippen LogP contribution >= 0.6 is 11.6 Å². The van der Waals surface area contributed by atoms with Crippen LogP contribution in [-0.4, -0.2) is 18.4 Å². The second-order valence-electron chi connectivity index (χ2n) is 6.74. The first-order valence-corrected chi connectivity index (χ1v) is 10.0. The third-order valence-electron chi connectivity index (χ3n) is 4.76. The Morgan fingerprint density at radius 2 is 1.60 bits per heavy atom. The van der Waals surface area contributed by atoms with Crippen molar-refractivity contribution in [3.05, 3.63) is 101 Å². The molecule has 0 heterocycles. The molecule has 6 heteroatoms. The second kappa shape index (κ2) is 10.0. The van der Waals surface area contributed by atoms with Gasteiger partial charge in [-0.3, -0.25) is 9.59 Å². The summed E-state index contributed by atoms with van der Waals surface area (Å²) in [6.45, 7) is 2.27. The minimum Gasteiger partial charge on any atom is -0.345 e. The Bertz CT molecular complexity index is 1010. The normalized spacial score (nSPS) is 11.6. The number of benzene rings is 3. The Balaban J connectivity index is 1.83. The summed E-state index contributed by atoms with van der Waals surface area (Å²) < 4.78 is 13.3. The monoisotopic (exact) mass is 424 g/mol. The van der Waals surface area contributed by atoms with Gasteiger partial charge in [0.1, 0.15) is 5.82 Å². The highest BCUT2D eigenvalue weighted by atomic mass is 35.5. The molecule has 3 rings (SSSR count). The molecule has 1 atom stereocenters. The molecule has 0 aliphatic heterocycles. The van der Waals surface area contributed by atoms with Crippen molar-refractivity contribution in [1.29, 1.82) is 0 Å². The minimum atomic E-state index is -0.544. The molecule has 4 nitrogen and oxygen atoms in total. The summed E-state index contributed by atoms with van der Waals surface area (Å²) in [6.07, 6.45) is 0.0470. The topological polar surface area (TPSA) is 49.4 Å². The molecule has 0 saturated heterocycles. The second-order valence-corrected chi connectivity index (χ2v) is 7.14. The average molecular weight is 425 g/mol. The SMILES string of the molecule is CCN(C(=O)CC(NC(=O)c1ccccc1Cl)c1ccccc1)c1ccc(F)cc1. The van der Waals surface area contributed by atoms with E-state index in [2.05, 4.69) is 5.32 Å². The molecule has 3 aromatic rings. The summed E-state index contributed by atoms with van der Waals surface area (Å²) in [4.78, 5) is 27.5. The smallest absolute Gasteiger partial charge is 0.253 e. The van der Waals surface area contributed by atoms with Crippen LogP contribution in [0.3, 0.4) is 0 Å². The lowest BCUT2D eigenvalue weighted by Gasteiger charge is -2.25. The molecule has 30 heavy (non-hydrogen) atoms. The number of halogens is 2. The van der Waals surface area contributed by atoms with Crippen molar-refractivity contribution in [1.82, 2.24) is 5.32 Å². The number of anilines is 1. The zero-order chi connectivity index (χ0) is 21.5. The van der Waals surface area contributed by atoms with Crippen molar-refractivity contribution in [2.75, 3.05) is 11.4 Å². The fourth-order valence-electron chi connectivity index (χ4n) is 3.23. The minimum absolute atomic E-state index is 0.0470. The molecule has 2 amide bonds. The van der Waals surface area contributed by atoms with Crippen molar-refractivity contribution in [2.24, 2.45) is 0 Å². The Kier molecular flexibility index (Phi) is 7.20. The summed E-state index contributed by atoms with van der Waals surface area (Å²) in [6, 6.07) is 21.3. The van der Waals surface area contributed by atoms with Crippen LogP contribution in [-0.2, 0) is 4.79 Å². The van der Waals surface area contributed by atoms with E-state index in [-0.39, 0.29) is 24.1 Å². The lowest BCUT2D eigenvalue weighted by molar-refractivity contribution is -0.119. The van der Waals surface area contributed by atoms with E-state index in [4.69, 9.17) is 11.6 Å². The molecule has 0 aliphatic rings. The van der Waals surface area contributed by atoms with Crippen LogP contribution in [0.4, 0.5) is 10.1 Å². The highest BCUT2D eigenvalue weighted by Gasteiger charge is 2.23. The molecule has 3 aromatic carbocycles. The number of hydrogen-bond donors (Lipinski definition) is 1. The van der Waals surface area contributed by atoms with Crippen LogP contribution in [0.1, 0.15) is 35.3 Å². The highest BCUT2D eigenvalue weighted by molar-refractivity contribution is 6.33. The van der Waals surface area contributed by atoms with E-state index in [9.17, 15) is 14.0 Å². The Morgan fingerprint density at radius 1 is 0.967 bits per heavy atom. The maximum atomic E-state index is 13.3. The summed E-state index contributed by atoms with van der Waals surface area (Å²) in [5.74, 6) is -0.902. The number of carbonyl (C=O) groups excluding carboxylic acids is 2. The zero-order valence-electron chi connectivity index (χ0n) is 16.5. The summed E-state index contributed by atoms with van der Waals surface area (Å²) in [5, 5.41) is 3.27. The van der Waals surface area contributed by atoms with Crippen LogP contribution in [0.25, 0.3) is 0 Å². The molecule has 1 N–H and O–H groups in total. The maximum absolute atomic E-state index is 13.3. The van der Waals surface area contributed by atoms with Gasteiger partial charge in [-0.15, -0.1) is 0 Å². The molecule has 0 saturated carbocycles. The van der Waals surface area contributed by atoms with Crippen molar-refractivity contribution < 1.29 is 14.0 Å². The quantitative estimate of drug-likeness (QED) is 0.552. The largest absolute Gasteiger partial charge is 0.345 e. The highest BCUT2D eigenvalue weighted by Crippen LogP contribution is 2.23. The first kappa shape index (κ1) is 21.5. The number of rotatable bonds is 7. The summed E-state index contributed by atoms with van der Waals surface area (Å²) in [5.41, 5.74) is 1.76. The Labute approximate surface area is 180 Å². The van der Waals surface area contributed by atoms with Gasteiger partial charge in [0.15, 0.2) is 0 Å². The summed E-state index contributed by atoms with van der Waals surface area (Å²) >= 11 is 6.15. The number of hydrogen-bond acceptors (Lipinski definition) is 2. The van der Waals surface area contributed by atoms with Crippen LogP contribution in [0.2, 0.25) is 5.02 Å². The van der Waals surface area contributed by atoms with Gasteiger partial charge in [-0.1, -0.05) is 54.1 Å². The fourth-order valence-corrected chi connectivity index (χ4v) is 3.45. The van der Waals surface area contributed by atoms with Gasteiger partial charge in [0, 0.05) is 12.2 Å². The van der Waals surface area contributed by atoms with Gasteiger partial charge < -0.3 is 10.2 Å². The number of carbonyl (C=O) groups is 2. The molecule has 0 aromatic heterocycles. The first-order valence-electron chi connectivity index (χ1n) is 9.66. The van der Waals surface area contributed by atoms with Crippen molar-refractivity contribution in [3.63, 3.8) is 0 Å². The van der Waals surface area contributed by atoms with Gasteiger partial charge >= 0.3 is 0 Å². The third kappa shape index (κ3) is 5.24. The predicted molar refractivity (Wildman–Crippen MR) is 117 cm³/mol. The number of nitrogens with one attached hydrogen (secondary N) is 1. The number of amides is 2. The van der Waals surface area contributed by atoms with Gasteiger partial charge in [-0.2, -0.15) is 0 Å². The average Bonchev–Trinajstić information content (AvgIpc) is 2.76. The van der Waals surface area contributed by atoms with Crippen molar-refractivity contribution >= 4 is 29.1 Å². The van der Waals surface area contributed by atoms with Gasteiger partial charge in [-0.05, 0) is 48.9 Å². The van der Waals surface area contributed by atoms with Gasteiger partial charge in [0.2, 0.25) is 5.91 Å². The van der Waals surface area contributed by atoms with E-state index in [1.54, 1.807) is 41.3 Å². The zero-order valence-corrected chi connectivity index (χ0v) is 17.3. The lowest BCUT2D eigenvalue weighted by Crippen LogP contribution is -2.36. The van der Waals surface area contributed by atoms with Crippen LogP contribution in [0.5, 0.6) is 0 Å². The predicted octanol–water partition coefficient (Wildman–Crippen LogP) is 5.39. The maximum Gasteiger partial charge on any atom is 0.253 e. The number of nitrogens with zero attached hydrogens (tertiary/aromatic N) is 1. The van der Waals surface area contributed by atoms with Crippen molar-refractivity contribution in [3.8, 4) is 0 Å². The molecular weight excluding hydrogens is 403 g/mol. The van der Waals surface area contributed by atoms with E-state index >= 15 is 0 Å². The van der Waals surface area contributed by atoms with Crippen LogP contribution < -0.4 is 10.2 Å². The third-order valence-corrected chi connectivity index (χ3v) is 5.09. The molecule has 0 bridgehead atoms. The Hall–Kier alpha value is -3.18. The van der Waals surface area contributed by atoms with Gasteiger partial charge in [0.05, 0.1) is 23.0 Å². The Morgan fingerprint density at radius 3 is 2.23 bits per heavy atom. The fraction of sp³-hybridized carbons (Fsp3) is 0.167. The molecule has 0 spiro atoms. The lowest BCUT2D eigenvalue weighted by atomic mass is 10.0. The standard InChI is InChI=1S/C24H22ClFN2O2/c1-2-28(19-14-12-18(26)13-15-19)23(29)16-22(17-8-4-3-5-9-17)27-24(30)20-10-6-7-11-21(20)25/h3-15,22H,2,16H2,1H3,(H,27,30). The van der Waals surface area contributed by atoms with E-state index < -0.39 is 6.04 Å². The van der Waals surface area contributed by atoms with Crippen molar-refractivity contribution in [2.45, 2.75) is 19.4 Å². The molecule has 0 radical (unpaired) electrons. The molecule has 0 fully saturated rings. The van der Waals surface area contributed by atoms with E-state index in [1.807, 2.05) is 37.3 Å². The van der Waals surface area contributed by atoms with E-state index in [1.165, 1.54) is 12.1 Å². The van der Waals surface area contributed by atoms with Gasteiger partial charge in [0.25, 0.3) is 5.91 Å². The molecule has 154 valence electrons. The first-order chi connectivity index (χ1) is 14.5. The molecular formula is C24H22ClFN2O2. The summed E-state index contributed by atoms with van der Waals surface area (Å²) in [7, 11) is 0. The van der Waals surface area contributed by atoms with Crippen LogP contribution in [0, 0.1) is 5.82 Å².